The van der Waals surface area contributed by atoms with Gasteiger partial charge in [-0.25, -0.2) is 0 Å². The first-order valence-corrected chi connectivity index (χ1v) is 6.11. The van der Waals surface area contributed by atoms with E-state index in [-0.39, 0.29) is 6.10 Å². The normalized spacial score (nSPS) is 22.3. The lowest BCUT2D eigenvalue weighted by Gasteiger charge is -2.16. The van der Waals surface area contributed by atoms with Crippen molar-refractivity contribution < 1.29 is 4.84 Å². The molecule has 0 N–H and O–H groups in total. The van der Waals surface area contributed by atoms with Gasteiger partial charge < -0.3 is 4.84 Å². The molecular formula is C14H14N2O. The SMILES string of the molecule is N#CC1CCC(c2ccc3c(c2)CCC3)=NO1. The molecular weight excluding hydrogens is 212 g/mol. The minimum Gasteiger partial charge on any atom is -0.377 e. The van der Waals surface area contributed by atoms with Crippen LogP contribution >= 0.6 is 0 Å². The van der Waals surface area contributed by atoms with E-state index in [1.165, 1.54) is 30.4 Å². The molecule has 2 aliphatic rings. The number of hydrogen-bond donors (Lipinski definition) is 0. The molecule has 1 aliphatic heterocycles. The number of nitriles is 1. The second-order valence-electron chi connectivity index (χ2n) is 4.64. The summed E-state index contributed by atoms with van der Waals surface area (Å²) in [6.45, 7) is 0. The predicted molar refractivity (Wildman–Crippen MR) is 64.7 cm³/mol. The van der Waals surface area contributed by atoms with E-state index in [0.717, 1.165) is 24.1 Å². The van der Waals surface area contributed by atoms with Gasteiger partial charge in [0.15, 0.2) is 0 Å². The van der Waals surface area contributed by atoms with Gasteiger partial charge in [0.25, 0.3) is 0 Å². The minimum absolute atomic E-state index is 0.367. The van der Waals surface area contributed by atoms with Crippen molar-refractivity contribution in [2.24, 2.45) is 5.16 Å². The van der Waals surface area contributed by atoms with Gasteiger partial charge in [-0.15, -0.1) is 0 Å². The number of aryl methyl sites for hydroxylation is 2. The highest BCUT2D eigenvalue weighted by Gasteiger charge is 2.19. The van der Waals surface area contributed by atoms with E-state index in [2.05, 4.69) is 29.4 Å². The van der Waals surface area contributed by atoms with Crippen LogP contribution < -0.4 is 0 Å². The van der Waals surface area contributed by atoms with Gasteiger partial charge in [0.05, 0.1) is 5.71 Å². The zero-order chi connectivity index (χ0) is 11.7. The maximum Gasteiger partial charge on any atom is 0.213 e. The monoisotopic (exact) mass is 226 g/mol. The first-order valence-electron chi connectivity index (χ1n) is 6.11. The summed E-state index contributed by atoms with van der Waals surface area (Å²) in [5.41, 5.74) is 5.06. The zero-order valence-electron chi connectivity index (χ0n) is 9.65. The Morgan fingerprint density at radius 3 is 2.88 bits per heavy atom. The van der Waals surface area contributed by atoms with Crippen LogP contribution in [0.3, 0.4) is 0 Å². The van der Waals surface area contributed by atoms with Gasteiger partial charge in [0, 0.05) is 6.42 Å². The number of benzene rings is 1. The van der Waals surface area contributed by atoms with E-state index >= 15 is 0 Å². The van der Waals surface area contributed by atoms with Gasteiger partial charge in [-0.05, 0) is 48.4 Å². The quantitative estimate of drug-likeness (QED) is 0.738. The molecule has 3 rings (SSSR count). The summed E-state index contributed by atoms with van der Waals surface area (Å²) in [7, 11) is 0. The molecule has 0 fully saturated rings. The van der Waals surface area contributed by atoms with E-state index in [1.54, 1.807) is 0 Å². The van der Waals surface area contributed by atoms with Crippen LogP contribution in [-0.4, -0.2) is 11.8 Å². The molecule has 1 heterocycles. The molecule has 0 aromatic heterocycles. The van der Waals surface area contributed by atoms with Crippen molar-refractivity contribution in [1.29, 1.82) is 5.26 Å². The topological polar surface area (TPSA) is 45.4 Å². The average Bonchev–Trinajstić information content (AvgIpc) is 2.86. The minimum atomic E-state index is -0.367. The highest BCUT2D eigenvalue weighted by Crippen LogP contribution is 2.25. The second-order valence-corrected chi connectivity index (χ2v) is 4.64. The third kappa shape index (κ3) is 1.91. The summed E-state index contributed by atoms with van der Waals surface area (Å²) < 4.78 is 0. The smallest absolute Gasteiger partial charge is 0.213 e. The molecule has 3 nitrogen and oxygen atoms in total. The van der Waals surface area contributed by atoms with Gasteiger partial charge in [0.1, 0.15) is 6.07 Å². The summed E-state index contributed by atoms with van der Waals surface area (Å²) in [6, 6.07) is 8.65. The molecule has 1 unspecified atom stereocenters. The molecule has 0 saturated carbocycles. The van der Waals surface area contributed by atoms with Crippen LogP contribution in [0, 0.1) is 11.3 Å². The Balaban J connectivity index is 1.86. The maximum absolute atomic E-state index is 8.73. The fourth-order valence-electron chi connectivity index (χ4n) is 2.53. The molecule has 0 radical (unpaired) electrons. The third-order valence-corrected chi connectivity index (χ3v) is 3.51. The average molecular weight is 226 g/mol. The Morgan fingerprint density at radius 2 is 2.12 bits per heavy atom. The number of nitrogens with zero attached hydrogens (tertiary/aromatic N) is 2. The molecule has 0 saturated heterocycles. The highest BCUT2D eigenvalue weighted by molar-refractivity contribution is 6.00. The van der Waals surface area contributed by atoms with Crippen LogP contribution in [0.4, 0.5) is 0 Å². The third-order valence-electron chi connectivity index (χ3n) is 3.51. The first kappa shape index (κ1) is 10.3. The lowest BCUT2D eigenvalue weighted by molar-refractivity contribution is 0.0822. The summed E-state index contributed by atoms with van der Waals surface area (Å²) >= 11 is 0. The van der Waals surface area contributed by atoms with Crippen molar-refractivity contribution in [1.82, 2.24) is 0 Å². The molecule has 0 bridgehead atoms. The number of hydrogen-bond acceptors (Lipinski definition) is 3. The number of fused-ring (bicyclic) bond motifs is 1. The van der Waals surface area contributed by atoms with Gasteiger partial charge in [-0.2, -0.15) is 5.26 Å². The number of rotatable bonds is 1. The van der Waals surface area contributed by atoms with Crippen LogP contribution in [0.2, 0.25) is 0 Å². The molecule has 86 valence electrons. The highest BCUT2D eigenvalue weighted by atomic mass is 16.6. The van der Waals surface area contributed by atoms with Crippen molar-refractivity contribution >= 4 is 5.71 Å². The van der Waals surface area contributed by atoms with Crippen molar-refractivity contribution in [3.05, 3.63) is 34.9 Å². The lowest BCUT2D eigenvalue weighted by atomic mass is 9.99. The van der Waals surface area contributed by atoms with Crippen LogP contribution in [0.25, 0.3) is 0 Å². The Bertz CT molecular complexity index is 513. The molecule has 1 aliphatic carbocycles. The molecule has 17 heavy (non-hydrogen) atoms. The van der Waals surface area contributed by atoms with Gasteiger partial charge in [-0.3, -0.25) is 0 Å². The van der Waals surface area contributed by atoms with Gasteiger partial charge in [0.2, 0.25) is 6.10 Å². The summed E-state index contributed by atoms with van der Waals surface area (Å²) in [4.78, 5) is 5.14. The molecule has 3 heteroatoms. The fourth-order valence-corrected chi connectivity index (χ4v) is 2.53. The Hall–Kier alpha value is -1.82. The van der Waals surface area contributed by atoms with Crippen LogP contribution in [0.1, 0.15) is 36.0 Å². The Labute approximate surface area is 101 Å². The van der Waals surface area contributed by atoms with Crippen molar-refractivity contribution in [2.75, 3.05) is 0 Å². The Kier molecular flexibility index (Phi) is 2.56. The summed E-state index contributed by atoms with van der Waals surface area (Å²) in [5.74, 6) is 0. The number of oxime groups is 1. The standard InChI is InChI=1S/C14H14N2O/c15-9-13-6-7-14(16-17-13)12-5-4-10-2-1-3-11(10)8-12/h4-5,8,13H,1-3,6-7H2. The van der Waals surface area contributed by atoms with Crippen LogP contribution in [0.15, 0.2) is 23.4 Å². The molecule has 1 aromatic rings. The second kappa shape index (κ2) is 4.21. The molecule has 1 aromatic carbocycles. The van der Waals surface area contributed by atoms with Crippen molar-refractivity contribution in [2.45, 2.75) is 38.2 Å². The van der Waals surface area contributed by atoms with Gasteiger partial charge in [-0.1, -0.05) is 17.3 Å². The molecule has 0 spiro atoms. The van der Waals surface area contributed by atoms with Gasteiger partial charge >= 0.3 is 0 Å². The van der Waals surface area contributed by atoms with Crippen molar-refractivity contribution in [3.63, 3.8) is 0 Å². The van der Waals surface area contributed by atoms with Crippen molar-refractivity contribution in [3.8, 4) is 6.07 Å². The first-order chi connectivity index (χ1) is 8.36. The zero-order valence-corrected chi connectivity index (χ0v) is 9.65. The lowest BCUT2D eigenvalue weighted by Crippen LogP contribution is -2.17. The van der Waals surface area contributed by atoms with E-state index in [0.29, 0.717) is 0 Å². The fraction of sp³-hybridized carbons (Fsp3) is 0.429. The van der Waals surface area contributed by atoms with E-state index < -0.39 is 0 Å². The largest absolute Gasteiger partial charge is 0.377 e. The Morgan fingerprint density at radius 1 is 1.24 bits per heavy atom. The van der Waals surface area contributed by atoms with Crippen LogP contribution in [-0.2, 0) is 17.7 Å². The summed E-state index contributed by atoms with van der Waals surface area (Å²) in [6.07, 6.45) is 4.85. The molecule has 1 atom stereocenters. The molecule has 0 amide bonds. The maximum atomic E-state index is 8.73. The van der Waals surface area contributed by atoms with E-state index in [9.17, 15) is 0 Å². The summed E-state index contributed by atoms with van der Waals surface area (Å²) in [5, 5.41) is 12.8. The van der Waals surface area contributed by atoms with E-state index in [4.69, 9.17) is 10.1 Å². The van der Waals surface area contributed by atoms with Crippen LogP contribution in [0.5, 0.6) is 0 Å². The predicted octanol–water partition coefficient (Wildman–Crippen LogP) is 2.58. The van der Waals surface area contributed by atoms with E-state index in [1.807, 2.05) is 0 Å².